The highest BCUT2D eigenvalue weighted by Gasteiger charge is 2.49. The van der Waals surface area contributed by atoms with Crippen LogP contribution in [-0.4, -0.2) is 69.3 Å². The lowest BCUT2D eigenvalue weighted by Gasteiger charge is -2.31. The number of fused-ring (bicyclic) bond motifs is 3. The molecule has 4 aromatic rings. The van der Waals surface area contributed by atoms with Crippen molar-refractivity contribution in [3.8, 4) is 35.4 Å². The van der Waals surface area contributed by atoms with Crippen molar-refractivity contribution in [2.75, 3.05) is 31.5 Å². The summed E-state index contributed by atoms with van der Waals surface area (Å²) < 4.78 is 120. The first-order chi connectivity index (χ1) is 22.8. The van der Waals surface area contributed by atoms with Crippen LogP contribution in [0.5, 0.6) is 11.8 Å². The highest BCUT2D eigenvalue weighted by atomic mass is 19.1. The van der Waals surface area contributed by atoms with Crippen LogP contribution in [0.4, 0.5) is 19.0 Å². The number of hydrogen-bond acceptors (Lipinski definition) is 7. The van der Waals surface area contributed by atoms with Crippen LogP contribution in [0.3, 0.4) is 0 Å². The zero-order valence-corrected chi connectivity index (χ0v) is 21.5. The third kappa shape index (κ3) is 4.22. The zero-order chi connectivity index (χ0) is 35.5. The Hall–Kier alpha value is -4.10. The van der Waals surface area contributed by atoms with Crippen LogP contribution < -0.4 is 9.64 Å². The van der Waals surface area contributed by atoms with Crippen molar-refractivity contribution in [3.05, 3.63) is 47.7 Å². The smallest absolute Gasteiger partial charge is 0.319 e. The first kappa shape index (κ1) is 18.4. The molecule has 2 aromatic heterocycles. The zero-order valence-electron chi connectivity index (χ0n) is 29.5. The molecule has 10 heteroatoms. The average Bonchev–Trinajstić information content (AvgIpc) is 3.72. The van der Waals surface area contributed by atoms with Crippen LogP contribution in [0.15, 0.2) is 30.5 Å². The van der Waals surface area contributed by atoms with Gasteiger partial charge in [0.2, 0.25) is 0 Å². The number of benzene rings is 2. The predicted molar refractivity (Wildman–Crippen MR) is 150 cm³/mol. The molecule has 0 spiro atoms. The number of anilines is 1. The molecule has 0 radical (unpaired) electrons. The van der Waals surface area contributed by atoms with E-state index in [9.17, 15) is 9.50 Å². The molecule has 1 N–H and O–H groups in total. The van der Waals surface area contributed by atoms with E-state index >= 15 is 8.78 Å². The highest BCUT2D eigenvalue weighted by molar-refractivity contribution is 6.03. The van der Waals surface area contributed by atoms with Gasteiger partial charge in [-0.3, -0.25) is 9.88 Å². The third-order valence-electron chi connectivity index (χ3n) is 7.74. The molecule has 4 heterocycles. The fourth-order valence-corrected chi connectivity index (χ4v) is 5.60. The first-order valence-electron chi connectivity index (χ1n) is 17.0. The number of aromatic nitrogens is 3. The fourth-order valence-electron chi connectivity index (χ4n) is 5.60. The number of phenols is 1. The van der Waals surface area contributed by atoms with E-state index in [1.54, 1.807) is 0 Å². The number of halogens is 3. The van der Waals surface area contributed by atoms with E-state index in [0.29, 0.717) is 12.8 Å². The number of ether oxygens (including phenoxy) is 1. The van der Waals surface area contributed by atoms with Gasteiger partial charge in [-0.2, -0.15) is 9.97 Å². The number of terminal acetylenes is 1. The Labute approximate surface area is 246 Å². The summed E-state index contributed by atoms with van der Waals surface area (Å²) in [5.41, 5.74) is -3.34. The Balaban J connectivity index is 1.45. The molecular formula is C31H28F3N5O2. The molecule has 2 aromatic carbocycles. The van der Waals surface area contributed by atoms with E-state index in [2.05, 4.69) is 20.9 Å². The van der Waals surface area contributed by atoms with Gasteiger partial charge in [-0.05, 0) is 55.8 Å². The number of nitrogens with zero attached hydrogens (tertiary/aromatic N) is 5. The Kier molecular flexibility index (Phi) is 4.25. The summed E-state index contributed by atoms with van der Waals surface area (Å²) in [6.07, 6.45) is 3.73. The number of alkyl halides is 1. The molecule has 3 aliphatic rings. The van der Waals surface area contributed by atoms with Crippen molar-refractivity contribution < 1.29 is 34.0 Å². The summed E-state index contributed by atoms with van der Waals surface area (Å²) in [5, 5.41) is 10.6. The number of hydrogen-bond donors (Lipinski definition) is 1. The van der Waals surface area contributed by atoms with Crippen molar-refractivity contribution in [2.45, 2.75) is 49.8 Å². The molecule has 2 saturated heterocycles. The van der Waals surface area contributed by atoms with Crippen LogP contribution in [0.25, 0.3) is 32.9 Å². The Bertz CT molecular complexity index is 2090. The molecule has 0 amide bonds. The molecule has 0 bridgehead atoms. The molecule has 210 valence electrons. The van der Waals surface area contributed by atoms with Gasteiger partial charge in [-0.25, -0.2) is 13.2 Å². The van der Waals surface area contributed by atoms with Crippen LogP contribution in [0, 0.1) is 24.0 Å². The van der Waals surface area contributed by atoms with Crippen LogP contribution >= 0.6 is 0 Å². The van der Waals surface area contributed by atoms with Gasteiger partial charge in [0, 0.05) is 50.0 Å². The molecule has 41 heavy (non-hydrogen) atoms. The Morgan fingerprint density at radius 1 is 1.37 bits per heavy atom. The molecule has 2 atom stereocenters. The number of rotatable bonds is 6. The minimum absolute atomic E-state index is 0.0521. The fraction of sp³-hybridized carbons (Fsp3) is 0.387. The predicted octanol–water partition coefficient (Wildman–Crippen LogP) is 5.36. The van der Waals surface area contributed by atoms with Crippen molar-refractivity contribution in [2.24, 2.45) is 0 Å². The van der Waals surface area contributed by atoms with E-state index in [1.807, 2.05) is 0 Å². The van der Waals surface area contributed by atoms with Crippen molar-refractivity contribution >= 4 is 27.5 Å². The van der Waals surface area contributed by atoms with E-state index < -0.39 is 79.6 Å². The van der Waals surface area contributed by atoms with Gasteiger partial charge < -0.3 is 14.7 Å². The average molecular weight is 568 g/mol. The number of aromatic hydroxyl groups is 1. The lowest BCUT2D eigenvalue weighted by Crippen LogP contribution is -2.43. The van der Waals surface area contributed by atoms with E-state index in [-0.39, 0.29) is 51.7 Å². The normalized spacial score (nSPS) is 28.8. The van der Waals surface area contributed by atoms with Gasteiger partial charge >= 0.3 is 6.01 Å². The first-order valence-corrected chi connectivity index (χ1v) is 13.0. The van der Waals surface area contributed by atoms with Gasteiger partial charge in [0.25, 0.3) is 0 Å². The highest BCUT2D eigenvalue weighted by Crippen LogP contribution is 2.42. The molecule has 0 unspecified atom stereocenters. The topological polar surface area (TPSA) is 74.6 Å². The van der Waals surface area contributed by atoms with Gasteiger partial charge in [0.1, 0.15) is 41.3 Å². The van der Waals surface area contributed by atoms with Gasteiger partial charge in [-0.15, -0.1) is 6.42 Å². The molecule has 1 saturated carbocycles. The van der Waals surface area contributed by atoms with Crippen molar-refractivity contribution in [1.82, 2.24) is 19.9 Å². The minimum atomic E-state index is -2.96. The summed E-state index contributed by atoms with van der Waals surface area (Å²) in [4.78, 5) is 14.5. The van der Waals surface area contributed by atoms with Crippen molar-refractivity contribution in [1.29, 1.82) is 0 Å². The maximum Gasteiger partial charge on any atom is 0.319 e. The van der Waals surface area contributed by atoms with E-state index in [1.165, 1.54) is 12.1 Å². The molecule has 2 aliphatic heterocycles. The van der Waals surface area contributed by atoms with Gasteiger partial charge in [0.15, 0.2) is 5.82 Å². The maximum absolute atomic E-state index is 16.8. The van der Waals surface area contributed by atoms with Gasteiger partial charge in [0.05, 0.1) is 20.6 Å². The van der Waals surface area contributed by atoms with Crippen LogP contribution in [-0.2, 0) is 0 Å². The largest absolute Gasteiger partial charge is 0.508 e. The SMILES string of the molecule is [2H]C([2H])([2H])N(c1nc(OC([2H])([2H])[C@@]23CCC([2H])([2H])N2C[C@]([2H])(F)C3)nc2c(F)c(-c3cc(O)cc4ccc(F)c(C#C)c34)ncc12)C1CC1. The molecular weight excluding hydrogens is 531 g/mol. The molecule has 7 rings (SSSR count). The van der Waals surface area contributed by atoms with Crippen molar-refractivity contribution in [3.63, 3.8) is 0 Å². The molecule has 1 aliphatic carbocycles. The summed E-state index contributed by atoms with van der Waals surface area (Å²) >= 11 is 0. The maximum atomic E-state index is 16.8. The lowest BCUT2D eigenvalue weighted by molar-refractivity contribution is 0.107. The monoisotopic (exact) mass is 567 g/mol. The lowest BCUT2D eigenvalue weighted by atomic mass is 9.95. The quantitative estimate of drug-likeness (QED) is 0.314. The number of pyridine rings is 1. The second kappa shape index (κ2) is 9.48. The van der Waals surface area contributed by atoms with Crippen LogP contribution in [0.2, 0.25) is 0 Å². The molecule has 7 nitrogen and oxygen atoms in total. The standard InChI is InChI=1S/C31H28F3N5O2/c1-3-21-24(33)8-5-17-11-20(40)12-22(25(17)21)27-26(34)28-23(14-35-27)29(38(2)19-6-7-19)37-30(36-28)41-16-31-9-4-10-39(31)15-18(32)13-31/h1,5,8,11-12,14,18-19,40H,4,6-7,9-10,13,15-16H2,2H3/t18-,31+/m1/s1/i2D3,10D2,16D2,18D. The second-order valence-corrected chi connectivity index (χ2v) is 10.4. The van der Waals surface area contributed by atoms with Crippen LogP contribution in [0.1, 0.15) is 48.6 Å². The van der Waals surface area contributed by atoms with E-state index in [4.69, 9.17) is 22.1 Å². The van der Waals surface area contributed by atoms with E-state index in [0.717, 1.165) is 28.1 Å². The Morgan fingerprint density at radius 2 is 2.22 bits per heavy atom. The Morgan fingerprint density at radius 3 is 3.00 bits per heavy atom. The summed E-state index contributed by atoms with van der Waals surface area (Å²) in [5.74, 6) is -0.402. The van der Waals surface area contributed by atoms with Gasteiger partial charge in [-0.1, -0.05) is 12.0 Å². The minimum Gasteiger partial charge on any atom is -0.508 e. The summed E-state index contributed by atoms with van der Waals surface area (Å²) in [6, 6.07) is 3.48. The number of phenolic OH excluding ortho intramolecular Hbond substituents is 1. The second-order valence-electron chi connectivity index (χ2n) is 10.4. The molecule has 3 fully saturated rings. The summed E-state index contributed by atoms with van der Waals surface area (Å²) in [6.45, 7) is -8.68. The summed E-state index contributed by atoms with van der Waals surface area (Å²) in [7, 11) is 0. The third-order valence-corrected chi connectivity index (χ3v) is 7.74.